The van der Waals surface area contributed by atoms with Gasteiger partial charge in [-0.05, 0) is 82.4 Å². The Labute approximate surface area is 163 Å². The van der Waals surface area contributed by atoms with E-state index in [1.807, 2.05) is 48.5 Å². The highest BCUT2D eigenvalue weighted by atomic mass is 127. The Hall–Kier alpha value is -2.00. The molecule has 0 saturated carbocycles. The molecule has 2 aromatic rings. The fourth-order valence-corrected chi connectivity index (χ4v) is 3.42. The van der Waals surface area contributed by atoms with Crippen LogP contribution in [0.4, 0.5) is 10.5 Å². The van der Waals surface area contributed by atoms with Crippen molar-refractivity contribution in [2.75, 3.05) is 19.1 Å². The number of hydrogen-bond acceptors (Lipinski definition) is 5. The van der Waals surface area contributed by atoms with Crippen molar-refractivity contribution < 1.29 is 14.3 Å². The number of ether oxygens (including phenoxy) is 1. The molecule has 7 heteroatoms. The van der Waals surface area contributed by atoms with Crippen molar-refractivity contribution in [2.45, 2.75) is 0 Å². The predicted molar refractivity (Wildman–Crippen MR) is 108 cm³/mol. The molecule has 25 heavy (non-hydrogen) atoms. The number of benzene rings is 2. The molecule has 0 atom stereocenters. The number of hydrogen-bond donors (Lipinski definition) is 1. The molecule has 128 valence electrons. The van der Waals surface area contributed by atoms with Gasteiger partial charge in [-0.25, -0.2) is 0 Å². The zero-order chi connectivity index (χ0) is 17.8. The van der Waals surface area contributed by atoms with Gasteiger partial charge in [-0.1, -0.05) is 12.1 Å². The third kappa shape index (κ3) is 4.35. The Kier molecular flexibility index (Phi) is 5.64. The second kappa shape index (κ2) is 7.92. The summed E-state index contributed by atoms with van der Waals surface area (Å²) in [5.74, 6) is 0.454. The molecule has 0 aliphatic carbocycles. The van der Waals surface area contributed by atoms with Gasteiger partial charge in [0.15, 0.2) is 0 Å². The number of methoxy groups -OCH3 is 1. The number of imide groups is 1. The van der Waals surface area contributed by atoms with Crippen LogP contribution in [-0.4, -0.2) is 29.8 Å². The van der Waals surface area contributed by atoms with Gasteiger partial charge in [-0.3, -0.25) is 14.5 Å². The van der Waals surface area contributed by atoms with Crippen molar-refractivity contribution in [3.8, 4) is 5.75 Å². The zero-order valence-electron chi connectivity index (χ0n) is 13.4. The standard InChI is InChI=1S/C18H15IN2O3S/c1-24-15-8-2-12(3-9-15)10-16-17(22)21(18(23)25-16)11-20-14-6-4-13(19)5-7-14/h2-10,20H,11H2,1H3/b16-10-. The highest BCUT2D eigenvalue weighted by molar-refractivity contribution is 14.1. The van der Waals surface area contributed by atoms with Gasteiger partial charge in [-0.2, -0.15) is 0 Å². The van der Waals surface area contributed by atoms with E-state index >= 15 is 0 Å². The van der Waals surface area contributed by atoms with Crippen LogP contribution in [0.3, 0.4) is 0 Å². The van der Waals surface area contributed by atoms with Gasteiger partial charge in [0.2, 0.25) is 0 Å². The van der Waals surface area contributed by atoms with Crippen LogP contribution in [0.5, 0.6) is 5.75 Å². The molecule has 0 radical (unpaired) electrons. The number of rotatable bonds is 5. The SMILES string of the molecule is COc1ccc(/C=C2\SC(=O)N(CNc3ccc(I)cc3)C2=O)cc1. The first-order valence-corrected chi connectivity index (χ1v) is 9.35. The van der Waals surface area contributed by atoms with Gasteiger partial charge < -0.3 is 10.1 Å². The molecular weight excluding hydrogens is 451 g/mol. The topological polar surface area (TPSA) is 58.6 Å². The van der Waals surface area contributed by atoms with Gasteiger partial charge in [0.1, 0.15) is 5.75 Å². The number of nitrogens with zero attached hydrogens (tertiary/aromatic N) is 1. The summed E-state index contributed by atoms with van der Waals surface area (Å²) in [4.78, 5) is 26.2. The van der Waals surface area contributed by atoms with Gasteiger partial charge in [-0.15, -0.1) is 0 Å². The van der Waals surface area contributed by atoms with Crippen molar-refractivity contribution >= 4 is 57.3 Å². The number of carbonyl (C=O) groups excluding carboxylic acids is 2. The summed E-state index contributed by atoms with van der Waals surface area (Å²) < 4.78 is 6.23. The molecular formula is C18H15IN2O3S. The third-order valence-electron chi connectivity index (χ3n) is 3.57. The van der Waals surface area contributed by atoms with Crippen LogP contribution < -0.4 is 10.1 Å². The van der Waals surface area contributed by atoms with Crippen molar-refractivity contribution in [1.82, 2.24) is 4.90 Å². The number of anilines is 1. The van der Waals surface area contributed by atoms with E-state index in [-0.39, 0.29) is 17.8 Å². The van der Waals surface area contributed by atoms with Crippen LogP contribution in [0.15, 0.2) is 53.4 Å². The van der Waals surface area contributed by atoms with Crippen molar-refractivity contribution in [2.24, 2.45) is 0 Å². The summed E-state index contributed by atoms with van der Waals surface area (Å²) in [5, 5.41) is 2.82. The molecule has 2 aromatic carbocycles. The lowest BCUT2D eigenvalue weighted by Crippen LogP contribution is -2.33. The quantitative estimate of drug-likeness (QED) is 0.523. The van der Waals surface area contributed by atoms with Crippen LogP contribution in [0.25, 0.3) is 6.08 Å². The van der Waals surface area contributed by atoms with E-state index in [4.69, 9.17) is 4.74 Å². The smallest absolute Gasteiger partial charge is 0.295 e. The van der Waals surface area contributed by atoms with E-state index in [0.717, 1.165) is 32.3 Å². The number of halogens is 1. The summed E-state index contributed by atoms with van der Waals surface area (Å²) in [6, 6.07) is 15.1. The number of carbonyl (C=O) groups is 2. The molecule has 1 saturated heterocycles. The van der Waals surface area contributed by atoms with Crippen LogP contribution >= 0.6 is 34.4 Å². The predicted octanol–water partition coefficient (Wildman–Crippen LogP) is 4.41. The molecule has 0 unspecified atom stereocenters. The maximum Gasteiger partial charge on any atom is 0.295 e. The lowest BCUT2D eigenvalue weighted by atomic mass is 10.2. The molecule has 2 amide bonds. The maximum atomic E-state index is 12.5. The van der Waals surface area contributed by atoms with Gasteiger partial charge in [0.05, 0.1) is 18.7 Å². The molecule has 1 heterocycles. The lowest BCUT2D eigenvalue weighted by molar-refractivity contribution is -0.122. The number of nitrogens with one attached hydrogen (secondary N) is 1. The summed E-state index contributed by atoms with van der Waals surface area (Å²) in [6.07, 6.45) is 1.72. The Balaban J connectivity index is 1.68. The molecule has 1 fully saturated rings. The van der Waals surface area contributed by atoms with Gasteiger partial charge >= 0.3 is 0 Å². The van der Waals surface area contributed by atoms with Crippen LogP contribution in [0.1, 0.15) is 5.56 Å². The van der Waals surface area contributed by atoms with E-state index in [0.29, 0.717) is 4.91 Å². The minimum absolute atomic E-state index is 0.144. The average molecular weight is 466 g/mol. The third-order valence-corrected chi connectivity index (χ3v) is 5.20. The highest BCUT2D eigenvalue weighted by Crippen LogP contribution is 2.32. The molecule has 3 rings (SSSR count). The second-order valence-electron chi connectivity index (χ2n) is 5.22. The van der Waals surface area contributed by atoms with Gasteiger partial charge in [0, 0.05) is 9.26 Å². The lowest BCUT2D eigenvalue weighted by Gasteiger charge is -2.14. The second-order valence-corrected chi connectivity index (χ2v) is 7.46. The molecule has 0 bridgehead atoms. The monoisotopic (exact) mass is 466 g/mol. The summed E-state index contributed by atoms with van der Waals surface area (Å²) in [6.45, 7) is 0.144. The Morgan fingerprint density at radius 3 is 2.44 bits per heavy atom. The molecule has 0 aromatic heterocycles. The first-order chi connectivity index (χ1) is 12.1. The first-order valence-electron chi connectivity index (χ1n) is 7.45. The Morgan fingerprint density at radius 2 is 1.80 bits per heavy atom. The van der Waals surface area contributed by atoms with Crippen LogP contribution in [-0.2, 0) is 4.79 Å². The Morgan fingerprint density at radius 1 is 1.12 bits per heavy atom. The fourth-order valence-electron chi connectivity index (χ4n) is 2.23. The highest BCUT2D eigenvalue weighted by Gasteiger charge is 2.34. The summed E-state index contributed by atoms with van der Waals surface area (Å²) in [7, 11) is 1.60. The Bertz CT molecular complexity index is 819. The van der Waals surface area contributed by atoms with Gasteiger partial charge in [0.25, 0.3) is 11.1 Å². The number of thioether (sulfide) groups is 1. The number of amides is 2. The molecule has 5 nitrogen and oxygen atoms in total. The molecule has 1 N–H and O–H groups in total. The maximum absolute atomic E-state index is 12.5. The molecule has 0 spiro atoms. The molecule has 1 aliphatic heterocycles. The van der Waals surface area contributed by atoms with E-state index in [1.165, 1.54) is 4.90 Å². The van der Waals surface area contributed by atoms with E-state index in [1.54, 1.807) is 13.2 Å². The van der Waals surface area contributed by atoms with Crippen molar-refractivity contribution in [1.29, 1.82) is 0 Å². The summed E-state index contributed by atoms with van der Waals surface area (Å²) in [5.41, 5.74) is 1.70. The molecule has 1 aliphatic rings. The van der Waals surface area contributed by atoms with E-state index < -0.39 is 0 Å². The largest absolute Gasteiger partial charge is 0.497 e. The summed E-state index contributed by atoms with van der Waals surface area (Å²) >= 11 is 3.17. The van der Waals surface area contributed by atoms with Crippen LogP contribution in [0.2, 0.25) is 0 Å². The van der Waals surface area contributed by atoms with Crippen molar-refractivity contribution in [3.05, 3.63) is 62.6 Å². The average Bonchev–Trinajstić information content (AvgIpc) is 2.89. The zero-order valence-corrected chi connectivity index (χ0v) is 16.3. The fraction of sp³-hybridized carbons (Fsp3) is 0.111. The van der Waals surface area contributed by atoms with E-state index in [9.17, 15) is 9.59 Å². The van der Waals surface area contributed by atoms with E-state index in [2.05, 4.69) is 27.9 Å². The van der Waals surface area contributed by atoms with Crippen molar-refractivity contribution in [3.63, 3.8) is 0 Å². The minimum Gasteiger partial charge on any atom is -0.497 e. The van der Waals surface area contributed by atoms with Crippen LogP contribution in [0, 0.1) is 3.57 Å². The first kappa shape index (κ1) is 17.8. The normalized spacial score (nSPS) is 15.8. The minimum atomic E-state index is -0.288.